The second-order valence-corrected chi connectivity index (χ2v) is 8.55. The van der Waals surface area contributed by atoms with Gasteiger partial charge in [0, 0.05) is 18.0 Å². The fraction of sp³-hybridized carbons (Fsp3) is 0.200. The number of thioether (sulfide) groups is 1. The fourth-order valence-electron chi connectivity index (χ4n) is 2.94. The average molecular weight is 411 g/mol. The van der Waals surface area contributed by atoms with Crippen molar-refractivity contribution in [1.29, 1.82) is 0 Å². The Morgan fingerprint density at radius 2 is 1.57 bits per heavy atom. The van der Waals surface area contributed by atoms with Gasteiger partial charge in [0.1, 0.15) is 0 Å². The molecule has 2 aromatic carbocycles. The maximum atomic E-state index is 12.3. The van der Waals surface area contributed by atoms with Crippen LogP contribution < -0.4 is 5.32 Å². The standard InChI is InChI=1S/C20H18N4O2S2/c25-17-15-10-4-5-11-16(15)18(26)24(17)12-6-7-13-27-20-23-22-19(28-20)21-14-8-2-1-3-9-14/h1-5,8-11H,6-7,12-13H2,(H,21,22). The molecule has 2 heterocycles. The molecule has 1 aliphatic heterocycles. The maximum absolute atomic E-state index is 12.3. The third-order valence-corrected chi connectivity index (χ3v) is 6.37. The molecule has 0 spiro atoms. The van der Waals surface area contributed by atoms with Gasteiger partial charge in [0.15, 0.2) is 4.34 Å². The number of nitrogens with zero attached hydrogens (tertiary/aromatic N) is 3. The Labute approximate surface area is 171 Å². The van der Waals surface area contributed by atoms with E-state index in [9.17, 15) is 9.59 Å². The van der Waals surface area contributed by atoms with Gasteiger partial charge in [0.2, 0.25) is 5.13 Å². The van der Waals surface area contributed by atoms with Crippen LogP contribution in [0.4, 0.5) is 10.8 Å². The van der Waals surface area contributed by atoms with E-state index >= 15 is 0 Å². The Morgan fingerprint density at radius 1 is 0.893 bits per heavy atom. The molecule has 0 saturated carbocycles. The quantitative estimate of drug-likeness (QED) is 0.336. The van der Waals surface area contributed by atoms with Crippen LogP contribution in [0.15, 0.2) is 58.9 Å². The van der Waals surface area contributed by atoms with Gasteiger partial charge in [-0.3, -0.25) is 14.5 Å². The number of carbonyl (C=O) groups is 2. The van der Waals surface area contributed by atoms with Crippen LogP contribution in [0.25, 0.3) is 0 Å². The monoisotopic (exact) mass is 410 g/mol. The number of para-hydroxylation sites is 1. The minimum atomic E-state index is -0.186. The first-order valence-electron chi connectivity index (χ1n) is 8.96. The Bertz CT molecular complexity index is 956. The summed E-state index contributed by atoms with van der Waals surface area (Å²) >= 11 is 3.15. The number of carbonyl (C=O) groups excluding carboxylic acids is 2. The number of aromatic nitrogens is 2. The van der Waals surface area contributed by atoms with E-state index in [2.05, 4.69) is 15.5 Å². The van der Waals surface area contributed by atoms with E-state index in [1.54, 1.807) is 36.0 Å². The van der Waals surface area contributed by atoms with E-state index in [0.29, 0.717) is 17.7 Å². The zero-order valence-corrected chi connectivity index (χ0v) is 16.6. The number of imide groups is 1. The molecule has 0 saturated heterocycles. The highest BCUT2D eigenvalue weighted by molar-refractivity contribution is 8.01. The Kier molecular flexibility index (Phi) is 5.68. The summed E-state index contributed by atoms with van der Waals surface area (Å²) in [6, 6.07) is 16.8. The lowest BCUT2D eigenvalue weighted by atomic mass is 10.1. The lowest BCUT2D eigenvalue weighted by Gasteiger charge is -2.13. The molecule has 1 N–H and O–H groups in total. The summed E-state index contributed by atoms with van der Waals surface area (Å²) in [7, 11) is 0. The van der Waals surface area contributed by atoms with Crippen LogP contribution in [-0.2, 0) is 0 Å². The molecule has 0 atom stereocenters. The fourth-order valence-corrected chi connectivity index (χ4v) is 4.78. The minimum Gasteiger partial charge on any atom is -0.330 e. The Balaban J connectivity index is 1.21. The molecule has 0 radical (unpaired) electrons. The summed E-state index contributed by atoms with van der Waals surface area (Å²) < 4.78 is 0.902. The molecule has 2 amide bonds. The summed E-state index contributed by atoms with van der Waals surface area (Å²) in [4.78, 5) is 26.0. The summed E-state index contributed by atoms with van der Waals surface area (Å²) in [5.74, 6) is 0.492. The van der Waals surface area contributed by atoms with Crippen molar-refractivity contribution in [2.45, 2.75) is 17.2 Å². The molecular weight excluding hydrogens is 392 g/mol. The van der Waals surface area contributed by atoms with Crippen LogP contribution in [0.3, 0.4) is 0 Å². The predicted molar refractivity (Wildman–Crippen MR) is 111 cm³/mol. The normalized spacial score (nSPS) is 13.1. The summed E-state index contributed by atoms with van der Waals surface area (Å²) in [5.41, 5.74) is 2.00. The van der Waals surface area contributed by atoms with E-state index in [1.165, 1.54) is 16.2 Å². The number of hydrogen-bond donors (Lipinski definition) is 1. The molecule has 1 aliphatic rings. The van der Waals surface area contributed by atoms with Crippen molar-refractivity contribution in [2.24, 2.45) is 0 Å². The zero-order valence-electron chi connectivity index (χ0n) is 15.0. The van der Waals surface area contributed by atoms with Crippen molar-refractivity contribution < 1.29 is 9.59 Å². The molecule has 8 heteroatoms. The number of rotatable bonds is 8. The topological polar surface area (TPSA) is 75.2 Å². The van der Waals surface area contributed by atoms with Crippen molar-refractivity contribution in [2.75, 3.05) is 17.6 Å². The van der Waals surface area contributed by atoms with Gasteiger partial charge >= 0.3 is 0 Å². The van der Waals surface area contributed by atoms with Gasteiger partial charge in [-0.25, -0.2) is 0 Å². The maximum Gasteiger partial charge on any atom is 0.261 e. The second-order valence-electron chi connectivity index (χ2n) is 6.23. The average Bonchev–Trinajstić information content (AvgIpc) is 3.26. The van der Waals surface area contributed by atoms with Gasteiger partial charge in [0.25, 0.3) is 11.8 Å². The summed E-state index contributed by atoms with van der Waals surface area (Å²) in [5, 5.41) is 12.3. The van der Waals surface area contributed by atoms with Gasteiger partial charge in [-0.05, 0) is 37.1 Å². The molecule has 4 rings (SSSR count). The molecular formula is C20H18N4O2S2. The zero-order chi connectivity index (χ0) is 19.3. The summed E-state index contributed by atoms with van der Waals surface area (Å²) in [6.07, 6.45) is 1.66. The van der Waals surface area contributed by atoms with E-state index in [0.717, 1.165) is 33.8 Å². The highest BCUT2D eigenvalue weighted by atomic mass is 32.2. The molecule has 6 nitrogen and oxygen atoms in total. The number of nitrogens with one attached hydrogen (secondary N) is 1. The lowest BCUT2D eigenvalue weighted by molar-refractivity contribution is 0.0652. The number of unbranched alkanes of at least 4 members (excludes halogenated alkanes) is 1. The Morgan fingerprint density at radius 3 is 2.29 bits per heavy atom. The molecule has 3 aromatic rings. The van der Waals surface area contributed by atoms with Crippen LogP contribution in [0.5, 0.6) is 0 Å². The SMILES string of the molecule is O=C1c2ccccc2C(=O)N1CCCCSc1nnc(Nc2ccccc2)s1. The number of hydrogen-bond acceptors (Lipinski definition) is 7. The first-order valence-corrected chi connectivity index (χ1v) is 10.8. The van der Waals surface area contributed by atoms with Crippen molar-refractivity contribution >= 4 is 45.7 Å². The molecule has 0 unspecified atom stereocenters. The number of amides is 2. The van der Waals surface area contributed by atoms with Crippen molar-refractivity contribution in [3.63, 3.8) is 0 Å². The van der Waals surface area contributed by atoms with E-state index < -0.39 is 0 Å². The molecule has 0 aliphatic carbocycles. The summed E-state index contributed by atoms with van der Waals surface area (Å²) in [6.45, 7) is 0.448. The number of anilines is 2. The van der Waals surface area contributed by atoms with Gasteiger partial charge in [-0.2, -0.15) is 0 Å². The largest absolute Gasteiger partial charge is 0.330 e. The highest BCUT2D eigenvalue weighted by Crippen LogP contribution is 2.28. The third kappa shape index (κ3) is 4.07. The highest BCUT2D eigenvalue weighted by Gasteiger charge is 2.34. The first kappa shape index (κ1) is 18.6. The lowest BCUT2D eigenvalue weighted by Crippen LogP contribution is -2.30. The smallest absolute Gasteiger partial charge is 0.261 e. The van der Waals surface area contributed by atoms with Crippen LogP contribution in [0.2, 0.25) is 0 Å². The molecule has 1 aromatic heterocycles. The van der Waals surface area contributed by atoms with Crippen LogP contribution in [0, 0.1) is 0 Å². The van der Waals surface area contributed by atoms with Crippen molar-refractivity contribution in [3.05, 3.63) is 65.7 Å². The minimum absolute atomic E-state index is 0.186. The first-order chi connectivity index (χ1) is 13.7. The van der Waals surface area contributed by atoms with E-state index in [-0.39, 0.29) is 11.8 Å². The number of fused-ring (bicyclic) bond motifs is 1. The van der Waals surface area contributed by atoms with Gasteiger partial charge < -0.3 is 5.32 Å². The number of benzene rings is 2. The van der Waals surface area contributed by atoms with E-state index in [4.69, 9.17) is 0 Å². The van der Waals surface area contributed by atoms with Gasteiger partial charge in [-0.1, -0.05) is 53.4 Å². The van der Waals surface area contributed by atoms with Crippen molar-refractivity contribution in [1.82, 2.24) is 15.1 Å². The second kappa shape index (κ2) is 8.53. The molecule has 142 valence electrons. The molecule has 0 bridgehead atoms. The van der Waals surface area contributed by atoms with Gasteiger partial charge in [-0.15, -0.1) is 10.2 Å². The van der Waals surface area contributed by atoms with Crippen LogP contribution in [0.1, 0.15) is 33.6 Å². The van der Waals surface area contributed by atoms with Crippen LogP contribution >= 0.6 is 23.1 Å². The Hall–Kier alpha value is -2.71. The molecule has 0 fully saturated rings. The third-order valence-electron chi connectivity index (χ3n) is 4.31. The predicted octanol–water partition coefficient (Wildman–Crippen LogP) is 4.45. The van der Waals surface area contributed by atoms with Crippen LogP contribution in [-0.4, -0.2) is 39.2 Å². The van der Waals surface area contributed by atoms with Gasteiger partial charge in [0.05, 0.1) is 11.1 Å². The molecule has 28 heavy (non-hydrogen) atoms. The van der Waals surface area contributed by atoms with Crippen molar-refractivity contribution in [3.8, 4) is 0 Å². The van der Waals surface area contributed by atoms with E-state index in [1.807, 2.05) is 30.3 Å².